The standard InChI is InChI=1S/C14H13N5O/c1-8-7-12(10-5-3-4-6-11(10)15-8)17-14(20)13-16-9(2)18-19-13/h3-7H,1-2H3,(H,15,17,20)(H,16,18,19). The van der Waals surface area contributed by atoms with Gasteiger partial charge in [-0.25, -0.2) is 4.98 Å². The number of anilines is 1. The second kappa shape index (κ2) is 4.73. The van der Waals surface area contributed by atoms with Crippen molar-refractivity contribution in [1.82, 2.24) is 20.2 Å². The Kier molecular flexibility index (Phi) is 2.90. The fourth-order valence-corrected chi connectivity index (χ4v) is 2.03. The first-order chi connectivity index (χ1) is 9.63. The molecule has 100 valence electrons. The normalized spacial score (nSPS) is 10.7. The Morgan fingerprint density at radius 2 is 2.00 bits per heavy atom. The minimum atomic E-state index is -0.342. The minimum absolute atomic E-state index is 0.126. The van der Waals surface area contributed by atoms with Crippen LogP contribution in [0.25, 0.3) is 10.9 Å². The molecule has 0 bridgehead atoms. The average molecular weight is 267 g/mol. The van der Waals surface area contributed by atoms with Gasteiger partial charge in [0.25, 0.3) is 5.91 Å². The number of benzene rings is 1. The number of pyridine rings is 1. The summed E-state index contributed by atoms with van der Waals surface area (Å²) in [6, 6.07) is 9.49. The smallest absolute Gasteiger partial charge is 0.295 e. The maximum atomic E-state index is 12.1. The third kappa shape index (κ3) is 2.23. The topological polar surface area (TPSA) is 83.6 Å². The van der Waals surface area contributed by atoms with Crippen LogP contribution in [0.15, 0.2) is 30.3 Å². The number of fused-ring (bicyclic) bond motifs is 1. The zero-order chi connectivity index (χ0) is 14.1. The van der Waals surface area contributed by atoms with Crippen LogP contribution in [0.4, 0.5) is 5.69 Å². The fourth-order valence-electron chi connectivity index (χ4n) is 2.03. The largest absolute Gasteiger partial charge is 0.318 e. The zero-order valence-electron chi connectivity index (χ0n) is 11.1. The molecule has 0 spiro atoms. The van der Waals surface area contributed by atoms with E-state index in [0.29, 0.717) is 11.5 Å². The van der Waals surface area contributed by atoms with Crippen LogP contribution in [0.3, 0.4) is 0 Å². The van der Waals surface area contributed by atoms with E-state index in [9.17, 15) is 4.79 Å². The Labute approximate surface area is 115 Å². The van der Waals surface area contributed by atoms with Gasteiger partial charge in [0.1, 0.15) is 5.82 Å². The summed E-state index contributed by atoms with van der Waals surface area (Å²) in [4.78, 5) is 20.6. The van der Waals surface area contributed by atoms with E-state index in [-0.39, 0.29) is 11.7 Å². The molecular weight excluding hydrogens is 254 g/mol. The van der Waals surface area contributed by atoms with E-state index >= 15 is 0 Å². The van der Waals surface area contributed by atoms with Crippen LogP contribution in [0.1, 0.15) is 22.1 Å². The van der Waals surface area contributed by atoms with Crippen LogP contribution in [0.5, 0.6) is 0 Å². The van der Waals surface area contributed by atoms with Crippen molar-refractivity contribution in [3.05, 3.63) is 47.7 Å². The molecule has 2 aromatic heterocycles. The Hall–Kier alpha value is -2.76. The third-order valence-electron chi connectivity index (χ3n) is 2.89. The van der Waals surface area contributed by atoms with Gasteiger partial charge >= 0.3 is 0 Å². The highest BCUT2D eigenvalue weighted by Crippen LogP contribution is 2.23. The highest BCUT2D eigenvalue weighted by Gasteiger charge is 2.13. The van der Waals surface area contributed by atoms with Crippen LogP contribution in [0, 0.1) is 13.8 Å². The first kappa shape index (κ1) is 12.3. The summed E-state index contributed by atoms with van der Waals surface area (Å²) in [6.07, 6.45) is 0. The third-order valence-corrected chi connectivity index (χ3v) is 2.89. The van der Waals surface area contributed by atoms with Gasteiger partial charge in [-0.15, -0.1) is 5.10 Å². The van der Waals surface area contributed by atoms with Crippen molar-refractivity contribution in [1.29, 1.82) is 0 Å². The number of amides is 1. The number of nitrogens with zero attached hydrogens (tertiary/aromatic N) is 3. The van der Waals surface area contributed by atoms with Gasteiger partial charge in [-0.3, -0.25) is 14.9 Å². The lowest BCUT2D eigenvalue weighted by Gasteiger charge is -2.08. The van der Waals surface area contributed by atoms with Crippen molar-refractivity contribution in [3.63, 3.8) is 0 Å². The van der Waals surface area contributed by atoms with Crippen LogP contribution < -0.4 is 5.32 Å². The molecule has 20 heavy (non-hydrogen) atoms. The summed E-state index contributed by atoms with van der Waals surface area (Å²) in [5.74, 6) is 0.386. The van der Waals surface area contributed by atoms with Crippen molar-refractivity contribution in [2.24, 2.45) is 0 Å². The van der Waals surface area contributed by atoms with E-state index in [2.05, 4.69) is 25.5 Å². The average Bonchev–Trinajstić information content (AvgIpc) is 2.85. The lowest BCUT2D eigenvalue weighted by atomic mass is 10.1. The predicted octanol–water partition coefficient (Wildman–Crippen LogP) is 2.22. The number of aromatic amines is 1. The lowest BCUT2D eigenvalue weighted by molar-refractivity contribution is 0.101. The fraction of sp³-hybridized carbons (Fsp3) is 0.143. The van der Waals surface area contributed by atoms with Crippen molar-refractivity contribution in [2.45, 2.75) is 13.8 Å². The molecule has 0 aliphatic heterocycles. The van der Waals surface area contributed by atoms with Crippen LogP contribution in [-0.4, -0.2) is 26.1 Å². The van der Waals surface area contributed by atoms with Crippen LogP contribution >= 0.6 is 0 Å². The summed E-state index contributed by atoms with van der Waals surface area (Å²) < 4.78 is 0. The molecule has 0 fully saturated rings. The predicted molar refractivity (Wildman–Crippen MR) is 75.6 cm³/mol. The van der Waals surface area contributed by atoms with Gasteiger partial charge in [0, 0.05) is 11.1 Å². The molecule has 3 aromatic rings. The zero-order valence-corrected chi connectivity index (χ0v) is 11.1. The first-order valence-corrected chi connectivity index (χ1v) is 6.20. The SMILES string of the molecule is Cc1cc(NC(=O)c2n[nH]c(C)n2)c2ccccc2n1. The van der Waals surface area contributed by atoms with Gasteiger partial charge in [-0.05, 0) is 26.0 Å². The second-order valence-electron chi connectivity index (χ2n) is 4.53. The van der Waals surface area contributed by atoms with Crippen molar-refractivity contribution >= 4 is 22.5 Å². The molecule has 0 aliphatic rings. The number of hydrogen-bond donors (Lipinski definition) is 2. The Morgan fingerprint density at radius 1 is 1.20 bits per heavy atom. The van der Waals surface area contributed by atoms with E-state index in [4.69, 9.17) is 0 Å². The lowest BCUT2D eigenvalue weighted by Crippen LogP contribution is -2.14. The number of aromatic nitrogens is 4. The highest BCUT2D eigenvalue weighted by molar-refractivity contribution is 6.06. The number of aryl methyl sites for hydroxylation is 2. The van der Waals surface area contributed by atoms with Crippen molar-refractivity contribution in [2.75, 3.05) is 5.32 Å². The maximum Gasteiger partial charge on any atom is 0.295 e. The molecule has 0 atom stereocenters. The number of nitrogens with one attached hydrogen (secondary N) is 2. The number of carbonyl (C=O) groups excluding carboxylic acids is 1. The first-order valence-electron chi connectivity index (χ1n) is 6.20. The molecule has 1 aromatic carbocycles. The molecule has 0 radical (unpaired) electrons. The molecule has 0 saturated heterocycles. The van der Waals surface area contributed by atoms with Crippen LogP contribution in [-0.2, 0) is 0 Å². The quantitative estimate of drug-likeness (QED) is 0.745. The van der Waals surface area contributed by atoms with Crippen molar-refractivity contribution in [3.8, 4) is 0 Å². The number of carbonyl (C=O) groups is 1. The summed E-state index contributed by atoms with van der Waals surface area (Å²) >= 11 is 0. The molecular formula is C14H13N5O. The number of hydrogen-bond acceptors (Lipinski definition) is 4. The molecule has 2 heterocycles. The van der Waals surface area contributed by atoms with E-state index in [1.54, 1.807) is 6.92 Å². The molecule has 1 amide bonds. The Morgan fingerprint density at radius 3 is 2.75 bits per heavy atom. The molecule has 3 rings (SSSR count). The Balaban J connectivity index is 2.00. The molecule has 6 nitrogen and oxygen atoms in total. The number of H-pyrrole nitrogens is 1. The number of rotatable bonds is 2. The van der Waals surface area contributed by atoms with Crippen LogP contribution in [0.2, 0.25) is 0 Å². The van der Waals surface area contributed by atoms with E-state index in [1.165, 1.54) is 0 Å². The Bertz CT molecular complexity index is 793. The van der Waals surface area contributed by atoms with Gasteiger partial charge in [0.05, 0.1) is 11.2 Å². The van der Waals surface area contributed by atoms with E-state index < -0.39 is 0 Å². The summed E-state index contributed by atoms with van der Waals surface area (Å²) in [5, 5.41) is 10.2. The second-order valence-corrected chi connectivity index (χ2v) is 4.53. The number of para-hydroxylation sites is 1. The molecule has 0 aliphatic carbocycles. The molecule has 6 heteroatoms. The minimum Gasteiger partial charge on any atom is -0.318 e. The maximum absolute atomic E-state index is 12.1. The van der Waals surface area contributed by atoms with Gasteiger partial charge < -0.3 is 5.32 Å². The van der Waals surface area contributed by atoms with Gasteiger partial charge in [-0.2, -0.15) is 0 Å². The monoisotopic (exact) mass is 267 g/mol. The summed E-state index contributed by atoms with van der Waals surface area (Å²) in [7, 11) is 0. The van der Waals surface area contributed by atoms with E-state index in [1.807, 2.05) is 37.3 Å². The van der Waals surface area contributed by atoms with E-state index in [0.717, 1.165) is 16.6 Å². The van der Waals surface area contributed by atoms with Gasteiger partial charge in [0.15, 0.2) is 0 Å². The molecule has 2 N–H and O–H groups in total. The molecule has 0 saturated carbocycles. The van der Waals surface area contributed by atoms with Gasteiger partial charge in [0.2, 0.25) is 5.82 Å². The van der Waals surface area contributed by atoms with Gasteiger partial charge in [-0.1, -0.05) is 18.2 Å². The molecule has 0 unspecified atom stereocenters. The van der Waals surface area contributed by atoms with Crippen molar-refractivity contribution < 1.29 is 4.79 Å². The summed E-state index contributed by atoms with van der Waals surface area (Å²) in [5.41, 5.74) is 2.39. The summed E-state index contributed by atoms with van der Waals surface area (Å²) in [6.45, 7) is 3.63. The highest BCUT2D eigenvalue weighted by atomic mass is 16.2.